The number of halogens is 1. The summed E-state index contributed by atoms with van der Waals surface area (Å²) in [6.45, 7) is 4.03. The zero-order valence-corrected chi connectivity index (χ0v) is 16.6. The summed E-state index contributed by atoms with van der Waals surface area (Å²) in [5, 5.41) is 9.83. The molecule has 0 fully saturated rings. The molecule has 1 aliphatic rings. The monoisotopic (exact) mass is 404 g/mol. The summed E-state index contributed by atoms with van der Waals surface area (Å²) in [6.07, 6.45) is 3.15. The molecule has 0 saturated carbocycles. The molecule has 0 spiro atoms. The molecular weight excluding hydrogens is 383 g/mol. The Kier molecular flexibility index (Phi) is 5.27. The molecule has 3 aromatic carbocycles. The lowest BCUT2D eigenvalue weighted by molar-refractivity contribution is 0.0697. The maximum atomic E-state index is 14.4. The highest BCUT2D eigenvalue weighted by atomic mass is 19.1. The Hall–Kier alpha value is -3.60. The van der Waals surface area contributed by atoms with Gasteiger partial charge in [-0.15, -0.1) is 0 Å². The number of fused-ring (bicyclic) bond motifs is 3. The van der Waals surface area contributed by atoms with Gasteiger partial charge in [0.1, 0.15) is 12.4 Å². The molecule has 0 unspecified atom stereocenters. The Morgan fingerprint density at radius 3 is 2.40 bits per heavy atom. The molecule has 0 aliphatic heterocycles. The fraction of sp³-hybridized carbons (Fsp3) is 0.160. The number of hydrogen-bond donors (Lipinski definition) is 1. The summed E-state index contributed by atoms with van der Waals surface area (Å²) in [5.41, 5.74) is 4.50. The first kappa shape index (κ1) is 19.7. The Bertz CT molecular complexity index is 1150. The minimum atomic E-state index is -1.10. The lowest BCUT2D eigenvalue weighted by Gasteiger charge is -2.24. The molecule has 0 atom stereocenters. The van der Waals surface area contributed by atoms with Crippen molar-refractivity contribution in [1.29, 1.82) is 0 Å². The van der Waals surface area contributed by atoms with E-state index in [4.69, 9.17) is 9.47 Å². The Balaban J connectivity index is 1.90. The van der Waals surface area contributed by atoms with Crippen molar-refractivity contribution >= 4 is 5.97 Å². The number of ether oxygens (including phenoxy) is 2. The average Bonchev–Trinajstić information content (AvgIpc) is 2.76. The van der Waals surface area contributed by atoms with E-state index in [0.29, 0.717) is 23.7 Å². The number of rotatable bonds is 6. The van der Waals surface area contributed by atoms with E-state index in [1.165, 1.54) is 6.07 Å². The van der Waals surface area contributed by atoms with Crippen molar-refractivity contribution in [3.63, 3.8) is 0 Å². The number of aromatic carboxylic acids is 1. The van der Waals surface area contributed by atoms with Gasteiger partial charge in [0, 0.05) is 5.56 Å². The maximum absolute atomic E-state index is 14.4. The van der Waals surface area contributed by atoms with Crippen molar-refractivity contribution in [2.45, 2.75) is 12.8 Å². The van der Waals surface area contributed by atoms with Gasteiger partial charge in [0.15, 0.2) is 11.5 Å². The molecule has 0 aromatic heterocycles. The Morgan fingerprint density at radius 1 is 1.03 bits per heavy atom. The van der Waals surface area contributed by atoms with Crippen LogP contribution in [0.4, 0.5) is 4.39 Å². The third-order valence-corrected chi connectivity index (χ3v) is 5.34. The summed E-state index contributed by atoms with van der Waals surface area (Å²) in [7, 11) is 1.57. The van der Waals surface area contributed by atoms with Crippen LogP contribution >= 0.6 is 0 Å². The summed E-state index contributed by atoms with van der Waals surface area (Å²) in [5.74, 6) is -0.345. The highest BCUT2D eigenvalue weighted by Gasteiger charge is 2.24. The van der Waals surface area contributed by atoms with Crippen LogP contribution in [-0.4, -0.2) is 24.8 Å². The number of hydrogen-bond acceptors (Lipinski definition) is 3. The zero-order chi connectivity index (χ0) is 21.3. The van der Waals surface area contributed by atoms with Crippen molar-refractivity contribution in [2.24, 2.45) is 0 Å². The van der Waals surface area contributed by atoms with Crippen molar-refractivity contribution < 1.29 is 23.8 Å². The highest BCUT2D eigenvalue weighted by Crippen LogP contribution is 2.43. The van der Waals surface area contributed by atoms with Gasteiger partial charge in [-0.2, -0.15) is 0 Å². The lowest BCUT2D eigenvalue weighted by Crippen LogP contribution is -2.09. The van der Waals surface area contributed by atoms with E-state index in [9.17, 15) is 14.3 Å². The van der Waals surface area contributed by atoms with Crippen LogP contribution < -0.4 is 9.47 Å². The molecule has 5 heteroatoms. The van der Waals surface area contributed by atoms with E-state index in [0.717, 1.165) is 35.1 Å². The summed E-state index contributed by atoms with van der Waals surface area (Å²) >= 11 is 0. The van der Waals surface area contributed by atoms with Gasteiger partial charge >= 0.3 is 5.97 Å². The normalized spacial score (nSPS) is 11.9. The van der Waals surface area contributed by atoms with Crippen LogP contribution in [0, 0.1) is 5.82 Å². The quantitative estimate of drug-likeness (QED) is 0.549. The minimum Gasteiger partial charge on any atom is -0.493 e. The van der Waals surface area contributed by atoms with Gasteiger partial charge in [0.05, 0.1) is 12.7 Å². The largest absolute Gasteiger partial charge is 0.493 e. The van der Waals surface area contributed by atoms with Crippen LogP contribution in [-0.2, 0) is 12.8 Å². The van der Waals surface area contributed by atoms with Gasteiger partial charge in [-0.3, -0.25) is 0 Å². The van der Waals surface area contributed by atoms with Gasteiger partial charge in [0.2, 0.25) is 0 Å². The molecule has 1 N–H and O–H groups in total. The van der Waals surface area contributed by atoms with E-state index < -0.39 is 11.8 Å². The molecule has 4 nitrogen and oxygen atoms in total. The average molecular weight is 404 g/mol. The molecule has 1 aliphatic carbocycles. The van der Waals surface area contributed by atoms with Crippen LogP contribution in [0.3, 0.4) is 0 Å². The fourth-order valence-corrected chi connectivity index (χ4v) is 3.93. The second kappa shape index (κ2) is 8.03. The number of carboxylic acids is 1. The van der Waals surface area contributed by atoms with Crippen molar-refractivity contribution in [3.8, 4) is 33.8 Å². The summed E-state index contributed by atoms with van der Waals surface area (Å²) < 4.78 is 25.6. The molecular formula is C25H21FO4. The van der Waals surface area contributed by atoms with Crippen LogP contribution in [0.1, 0.15) is 21.5 Å². The standard InChI is InChI=1S/C25H21FO4/c1-3-10-30-24-12-16-9-8-15-11-20(17-6-4-5-7-22(17)26)21(25(27)28)13-18(15)19(16)14-23(24)29-2/h3-7,11-14H,1,8-10H2,2H3,(H,27,28). The molecule has 0 heterocycles. The molecule has 3 aromatic rings. The van der Waals surface area contributed by atoms with E-state index >= 15 is 0 Å². The summed E-state index contributed by atoms with van der Waals surface area (Å²) in [4.78, 5) is 12.0. The molecule has 0 radical (unpaired) electrons. The number of aryl methyl sites for hydroxylation is 2. The van der Waals surface area contributed by atoms with E-state index in [2.05, 4.69) is 6.58 Å². The fourth-order valence-electron chi connectivity index (χ4n) is 3.93. The van der Waals surface area contributed by atoms with Crippen LogP contribution in [0.15, 0.2) is 61.2 Å². The predicted octanol–water partition coefficient (Wildman–Crippen LogP) is 5.53. The number of benzene rings is 3. The number of carbonyl (C=O) groups is 1. The van der Waals surface area contributed by atoms with E-state index in [-0.39, 0.29) is 11.1 Å². The van der Waals surface area contributed by atoms with E-state index in [1.54, 1.807) is 43.5 Å². The van der Waals surface area contributed by atoms with Crippen molar-refractivity contribution in [2.75, 3.05) is 13.7 Å². The van der Waals surface area contributed by atoms with Gasteiger partial charge < -0.3 is 14.6 Å². The van der Waals surface area contributed by atoms with Gasteiger partial charge in [-0.25, -0.2) is 9.18 Å². The Morgan fingerprint density at radius 2 is 1.73 bits per heavy atom. The first-order valence-electron chi connectivity index (χ1n) is 9.63. The van der Waals surface area contributed by atoms with Gasteiger partial charge in [0.25, 0.3) is 0 Å². The van der Waals surface area contributed by atoms with Crippen molar-refractivity contribution in [3.05, 3.63) is 83.7 Å². The first-order chi connectivity index (χ1) is 14.5. The Labute approximate surface area is 174 Å². The highest BCUT2D eigenvalue weighted by molar-refractivity contribution is 5.99. The first-order valence-corrected chi connectivity index (χ1v) is 9.63. The number of methoxy groups -OCH3 is 1. The molecule has 0 amide bonds. The van der Waals surface area contributed by atoms with Crippen molar-refractivity contribution in [1.82, 2.24) is 0 Å². The SMILES string of the molecule is C=CCOc1cc2c(cc1OC)-c1cc(C(=O)O)c(-c3ccccc3F)cc1CC2. The second-order valence-electron chi connectivity index (χ2n) is 7.10. The molecule has 30 heavy (non-hydrogen) atoms. The molecule has 0 bridgehead atoms. The summed E-state index contributed by atoms with van der Waals surface area (Å²) in [6, 6.07) is 13.5. The molecule has 0 saturated heterocycles. The molecule has 152 valence electrons. The third kappa shape index (κ3) is 3.43. The smallest absolute Gasteiger partial charge is 0.336 e. The molecule has 4 rings (SSSR count). The topological polar surface area (TPSA) is 55.8 Å². The van der Waals surface area contributed by atoms with Crippen LogP contribution in [0.25, 0.3) is 22.3 Å². The zero-order valence-electron chi connectivity index (χ0n) is 16.6. The van der Waals surface area contributed by atoms with Gasteiger partial charge in [-0.05, 0) is 71.0 Å². The van der Waals surface area contributed by atoms with Gasteiger partial charge in [-0.1, -0.05) is 30.9 Å². The lowest BCUT2D eigenvalue weighted by atomic mass is 9.82. The predicted molar refractivity (Wildman–Crippen MR) is 114 cm³/mol. The minimum absolute atomic E-state index is 0.0673. The van der Waals surface area contributed by atoms with Crippen LogP contribution in [0.2, 0.25) is 0 Å². The third-order valence-electron chi connectivity index (χ3n) is 5.34. The van der Waals surface area contributed by atoms with E-state index in [1.807, 2.05) is 12.1 Å². The maximum Gasteiger partial charge on any atom is 0.336 e. The van der Waals surface area contributed by atoms with Crippen LogP contribution in [0.5, 0.6) is 11.5 Å². The second-order valence-corrected chi connectivity index (χ2v) is 7.10. The number of carboxylic acid groups (broad SMARTS) is 1.